The van der Waals surface area contributed by atoms with Crippen LogP contribution < -0.4 is 9.47 Å². The van der Waals surface area contributed by atoms with E-state index in [4.69, 9.17) is 9.47 Å². The highest BCUT2D eigenvalue weighted by atomic mass is 16.5. The second kappa shape index (κ2) is 4.04. The number of rotatable bonds is 3. The van der Waals surface area contributed by atoms with Crippen LogP contribution in [-0.2, 0) is 0 Å². The number of ether oxygens (including phenoxy) is 2. The standard InChI is InChI=1S/C11H12N2O2/c1-14-9-3-4-10(11(7-9)15-2)13-6-5-12-8-13/h3-8H,1-2H3. The highest BCUT2D eigenvalue weighted by molar-refractivity contribution is 5.50. The van der Waals surface area contributed by atoms with E-state index in [2.05, 4.69) is 4.98 Å². The molecule has 0 saturated carbocycles. The zero-order chi connectivity index (χ0) is 10.7. The molecule has 2 rings (SSSR count). The van der Waals surface area contributed by atoms with Gasteiger partial charge in [0.05, 0.1) is 26.2 Å². The predicted molar refractivity (Wildman–Crippen MR) is 56.7 cm³/mol. The van der Waals surface area contributed by atoms with Crippen LogP contribution in [0.1, 0.15) is 0 Å². The van der Waals surface area contributed by atoms with Crippen LogP contribution in [0.4, 0.5) is 0 Å². The maximum Gasteiger partial charge on any atom is 0.146 e. The molecule has 0 saturated heterocycles. The van der Waals surface area contributed by atoms with Crippen LogP contribution >= 0.6 is 0 Å². The molecule has 0 radical (unpaired) electrons. The first-order chi connectivity index (χ1) is 7.35. The Morgan fingerprint density at radius 3 is 2.67 bits per heavy atom. The van der Waals surface area contributed by atoms with Crippen LogP contribution in [-0.4, -0.2) is 23.8 Å². The van der Waals surface area contributed by atoms with Crippen molar-refractivity contribution in [1.29, 1.82) is 0 Å². The van der Waals surface area contributed by atoms with E-state index in [1.54, 1.807) is 26.7 Å². The average molecular weight is 204 g/mol. The second-order valence-electron chi connectivity index (χ2n) is 3.01. The molecular formula is C11H12N2O2. The number of imidazole rings is 1. The second-order valence-corrected chi connectivity index (χ2v) is 3.01. The molecule has 78 valence electrons. The van der Waals surface area contributed by atoms with Gasteiger partial charge in [0.2, 0.25) is 0 Å². The number of nitrogens with zero attached hydrogens (tertiary/aromatic N) is 2. The van der Waals surface area contributed by atoms with Crippen molar-refractivity contribution in [2.24, 2.45) is 0 Å². The molecular weight excluding hydrogens is 192 g/mol. The van der Waals surface area contributed by atoms with Gasteiger partial charge < -0.3 is 14.0 Å². The molecule has 0 bridgehead atoms. The smallest absolute Gasteiger partial charge is 0.146 e. The fraction of sp³-hybridized carbons (Fsp3) is 0.182. The Labute approximate surface area is 88.1 Å². The Morgan fingerprint density at radius 1 is 1.20 bits per heavy atom. The van der Waals surface area contributed by atoms with Gasteiger partial charge in [0.1, 0.15) is 11.5 Å². The number of hydrogen-bond donors (Lipinski definition) is 0. The summed E-state index contributed by atoms with van der Waals surface area (Å²) in [7, 11) is 3.26. The Kier molecular flexibility index (Phi) is 2.58. The molecule has 1 heterocycles. The maximum atomic E-state index is 5.28. The van der Waals surface area contributed by atoms with Crippen molar-refractivity contribution >= 4 is 0 Å². The first-order valence-electron chi connectivity index (χ1n) is 4.55. The molecule has 0 amide bonds. The van der Waals surface area contributed by atoms with Crippen LogP contribution in [0.3, 0.4) is 0 Å². The molecule has 2 aromatic rings. The number of hydrogen-bond acceptors (Lipinski definition) is 3. The lowest BCUT2D eigenvalue weighted by Gasteiger charge is -2.10. The maximum absolute atomic E-state index is 5.28. The molecule has 1 aromatic carbocycles. The monoisotopic (exact) mass is 204 g/mol. The fourth-order valence-electron chi connectivity index (χ4n) is 1.40. The van der Waals surface area contributed by atoms with Crippen LogP contribution in [0.15, 0.2) is 36.9 Å². The van der Waals surface area contributed by atoms with Gasteiger partial charge in [-0.3, -0.25) is 0 Å². The molecule has 0 aliphatic rings. The lowest BCUT2D eigenvalue weighted by Crippen LogP contribution is -1.96. The topological polar surface area (TPSA) is 36.3 Å². The van der Waals surface area contributed by atoms with Crippen molar-refractivity contribution in [2.75, 3.05) is 14.2 Å². The number of aromatic nitrogens is 2. The molecule has 4 nitrogen and oxygen atoms in total. The van der Waals surface area contributed by atoms with Gasteiger partial charge in [0, 0.05) is 18.5 Å². The molecule has 0 N–H and O–H groups in total. The minimum absolute atomic E-state index is 0.757. The van der Waals surface area contributed by atoms with Crippen LogP contribution in [0.5, 0.6) is 11.5 Å². The molecule has 0 spiro atoms. The number of benzene rings is 1. The zero-order valence-electron chi connectivity index (χ0n) is 8.68. The van der Waals surface area contributed by atoms with Gasteiger partial charge in [-0.15, -0.1) is 0 Å². The van der Waals surface area contributed by atoms with Gasteiger partial charge in [-0.25, -0.2) is 4.98 Å². The van der Waals surface area contributed by atoms with E-state index in [1.165, 1.54) is 0 Å². The van der Waals surface area contributed by atoms with E-state index in [0.717, 1.165) is 17.2 Å². The van der Waals surface area contributed by atoms with E-state index in [9.17, 15) is 0 Å². The van der Waals surface area contributed by atoms with Crippen molar-refractivity contribution in [2.45, 2.75) is 0 Å². The summed E-state index contributed by atoms with van der Waals surface area (Å²) in [5, 5.41) is 0. The largest absolute Gasteiger partial charge is 0.497 e. The van der Waals surface area contributed by atoms with Gasteiger partial charge in [0.25, 0.3) is 0 Å². The van der Waals surface area contributed by atoms with Crippen molar-refractivity contribution in [3.63, 3.8) is 0 Å². The molecule has 15 heavy (non-hydrogen) atoms. The lowest BCUT2D eigenvalue weighted by molar-refractivity contribution is 0.393. The summed E-state index contributed by atoms with van der Waals surface area (Å²) in [6, 6.07) is 5.66. The first-order valence-corrected chi connectivity index (χ1v) is 4.55. The average Bonchev–Trinajstić information content (AvgIpc) is 2.81. The van der Waals surface area contributed by atoms with Gasteiger partial charge in [0.15, 0.2) is 0 Å². The molecule has 0 aliphatic carbocycles. The van der Waals surface area contributed by atoms with Gasteiger partial charge in [-0.05, 0) is 12.1 Å². The summed E-state index contributed by atoms with van der Waals surface area (Å²) in [6.45, 7) is 0. The fourth-order valence-corrected chi connectivity index (χ4v) is 1.40. The molecule has 4 heteroatoms. The zero-order valence-corrected chi connectivity index (χ0v) is 8.68. The molecule has 0 atom stereocenters. The first kappa shape index (κ1) is 9.58. The van der Waals surface area contributed by atoms with E-state index in [0.29, 0.717) is 0 Å². The number of methoxy groups -OCH3 is 2. The molecule has 0 unspecified atom stereocenters. The quantitative estimate of drug-likeness (QED) is 0.766. The highest BCUT2D eigenvalue weighted by Gasteiger charge is 2.05. The summed E-state index contributed by atoms with van der Waals surface area (Å²) in [6.07, 6.45) is 5.32. The van der Waals surface area contributed by atoms with Crippen molar-refractivity contribution in [3.8, 4) is 17.2 Å². The van der Waals surface area contributed by atoms with Crippen molar-refractivity contribution in [1.82, 2.24) is 9.55 Å². The summed E-state index contributed by atoms with van der Waals surface area (Å²) >= 11 is 0. The lowest BCUT2D eigenvalue weighted by atomic mass is 10.2. The van der Waals surface area contributed by atoms with E-state index in [1.807, 2.05) is 29.0 Å². The minimum atomic E-state index is 0.757. The predicted octanol–water partition coefficient (Wildman–Crippen LogP) is 1.89. The van der Waals surface area contributed by atoms with Crippen molar-refractivity contribution in [3.05, 3.63) is 36.9 Å². The van der Waals surface area contributed by atoms with Crippen molar-refractivity contribution < 1.29 is 9.47 Å². The van der Waals surface area contributed by atoms with E-state index < -0.39 is 0 Å². The Hall–Kier alpha value is -1.97. The third-order valence-electron chi connectivity index (χ3n) is 2.17. The van der Waals surface area contributed by atoms with Gasteiger partial charge >= 0.3 is 0 Å². The molecule has 1 aromatic heterocycles. The van der Waals surface area contributed by atoms with E-state index in [-0.39, 0.29) is 0 Å². The van der Waals surface area contributed by atoms with Crippen LogP contribution in [0, 0.1) is 0 Å². The Morgan fingerprint density at radius 2 is 2.07 bits per heavy atom. The summed E-state index contributed by atoms with van der Waals surface area (Å²) in [5.74, 6) is 1.53. The van der Waals surface area contributed by atoms with Crippen LogP contribution in [0.25, 0.3) is 5.69 Å². The Bertz CT molecular complexity index is 438. The Balaban J connectivity index is 2.48. The van der Waals surface area contributed by atoms with Crippen LogP contribution in [0.2, 0.25) is 0 Å². The van der Waals surface area contributed by atoms with Gasteiger partial charge in [-0.1, -0.05) is 0 Å². The third-order valence-corrected chi connectivity index (χ3v) is 2.17. The van der Waals surface area contributed by atoms with E-state index >= 15 is 0 Å². The summed E-state index contributed by atoms with van der Waals surface area (Å²) in [5.41, 5.74) is 0.941. The minimum Gasteiger partial charge on any atom is -0.497 e. The third kappa shape index (κ3) is 1.79. The molecule has 0 fully saturated rings. The summed E-state index contributed by atoms with van der Waals surface area (Å²) in [4.78, 5) is 3.99. The summed E-state index contributed by atoms with van der Waals surface area (Å²) < 4.78 is 12.3. The highest BCUT2D eigenvalue weighted by Crippen LogP contribution is 2.27. The molecule has 0 aliphatic heterocycles. The van der Waals surface area contributed by atoms with Gasteiger partial charge in [-0.2, -0.15) is 0 Å². The SMILES string of the molecule is COc1ccc(-n2ccnc2)c(OC)c1. The normalized spacial score (nSPS) is 10.0.